The largest absolute Gasteiger partial charge is 0.350 e. The van der Waals surface area contributed by atoms with E-state index in [1.165, 1.54) is 18.4 Å². The van der Waals surface area contributed by atoms with Crippen LogP contribution in [0.2, 0.25) is 0 Å². The first-order valence-electron chi connectivity index (χ1n) is 9.72. The fourth-order valence-electron chi connectivity index (χ4n) is 3.39. The molecule has 1 saturated heterocycles. The molecule has 162 valence electrons. The van der Waals surface area contributed by atoms with Crippen LogP contribution < -0.4 is 9.62 Å². The summed E-state index contributed by atoms with van der Waals surface area (Å²) in [4.78, 5) is 14.7. The molecule has 0 spiro atoms. The van der Waals surface area contributed by atoms with Gasteiger partial charge in [0.05, 0.1) is 11.9 Å². The van der Waals surface area contributed by atoms with Crippen LogP contribution in [0.4, 0.5) is 14.5 Å². The number of anilines is 1. The molecule has 1 N–H and O–H groups in total. The molecule has 0 aliphatic carbocycles. The second-order valence-corrected chi connectivity index (χ2v) is 9.35. The van der Waals surface area contributed by atoms with E-state index in [1.807, 2.05) is 24.3 Å². The van der Waals surface area contributed by atoms with Gasteiger partial charge in [-0.25, -0.2) is 17.2 Å². The Morgan fingerprint density at radius 2 is 1.67 bits per heavy atom. The lowest BCUT2D eigenvalue weighted by molar-refractivity contribution is -0.119. The molecule has 0 bridgehead atoms. The summed E-state index contributed by atoms with van der Waals surface area (Å²) in [6.45, 7) is 2.85. The van der Waals surface area contributed by atoms with Gasteiger partial charge in [0.1, 0.15) is 6.54 Å². The van der Waals surface area contributed by atoms with Crippen molar-refractivity contribution in [3.63, 3.8) is 0 Å². The Morgan fingerprint density at radius 3 is 2.27 bits per heavy atom. The van der Waals surface area contributed by atoms with Gasteiger partial charge in [-0.1, -0.05) is 24.3 Å². The average Bonchev–Trinajstić information content (AvgIpc) is 3.20. The molecular weight excluding hydrogens is 412 g/mol. The molecule has 30 heavy (non-hydrogen) atoms. The minimum atomic E-state index is -3.86. The summed E-state index contributed by atoms with van der Waals surface area (Å²) in [5.74, 6) is -2.83. The van der Waals surface area contributed by atoms with E-state index in [4.69, 9.17) is 0 Å². The predicted octanol–water partition coefficient (Wildman–Crippen LogP) is 2.64. The van der Waals surface area contributed by atoms with Crippen LogP contribution in [-0.2, 0) is 27.9 Å². The van der Waals surface area contributed by atoms with Gasteiger partial charge in [-0.3, -0.25) is 14.0 Å². The Kier molecular flexibility index (Phi) is 7.04. The first kappa shape index (κ1) is 22.2. The molecule has 3 rings (SSSR count). The van der Waals surface area contributed by atoms with Crippen LogP contribution >= 0.6 is 0 Å². The maximum absolute atomic E-state index is 13.5. The number of benzene rings is 2. The highest BCUT2D eigenvalue weighted by Crippen LogP contribution is 2.20. The molecule has 0 atom stereocenters. The van der Waals surface area contributed by atoms with Crippen LogP contribution in [0.3, 0.4) is 0 Å². The first-order valence-corrected chi connectivity index (χ1v) is 11.6. The Bertz CT molecular complexity index is 991. The fraction of sp³-hybridized carbons (Fsp3) is 0.381. The second-order valence-electron chi connectivity index (χ2n) is 7.44. The van der Waals surface area contributed by atoms with Gasteiger partial charge in [-0.05, 0) is 49.2 Å². The number of sulfonamides is 1. The van der Waals surface area contributed by atoms with Crippen molar-refractivity contribution in [3.8, 4) is 0 Å². The predicted molar refractivity (Wildman–Crippen MR) is 111 cm³/mol. The summed E-state index contributed by atoms with van der Waals surface area (Å²) >= 11 is 0. The number of carbonyl (C=O) groups is 1. The molecule has 0 saturated carbocycles. The zero-order chi connectivity index (χ0) is 21.7. The average molecular weight is 438 g/mol. The zero-order valence-corrected chi connectivity index (χ0v) is 17.6. The maximum Gasteiger partial charge on any atom is 0.241 e. The van der Waals surface area contributed by atoms with Crippen molar-refractivity contribution in [2.24, 2.45) is 0 Å². The van der Waals surface area contributed by atoms with E-state index in [1.54, 1.807) is 0 Å². The number of halogens is 2. The summed E-state index contributed by atoms with van der Waals surface area (Å²) in [5.41, 5.74) is 1.97. The Morgan fingerprint density at radius 1 is 1.03 bits per heavy atom. The van der Waals surface area contributed by atoms with Crippen molar-refractivity contribution in [1.82, 2.24) is 10.2 Å². The summed E-state index contributed by atoms with van der Waals surface area (Å²) < 4.78 is 51.5. The summed E-state index contributed by atoms with van der Waals surface area (Å²) in [7, 11) is -3.86. The highest BCUT2D eigenvalue weighted by atomic mass is 32.2. The molecule has 6 nitrogen and oxygen atoms in total. The van der Waals surface area contributed by atoms with Gasteiger partial charge in [0.15, 0.2) is 11.6 Å². The van der Waals surface area contributed by atoms with E-state index < -0.39 is 34.1 Å². The number of likely N-dealkylation sites (tertiary alicyclic amines) is 1. The minimum Gasteiger partial charge on any atom is -0.350 e. The van der Waals surface area contributed by atoms with Gasteiger partial charge in [-0.2, -0.15) is 0 Å². The van der Waals surface area contributed by atoms with E-state index in [0.29, 0.717) is 0 Å². The summed E-state index contributed by atoms with van der Waals surface area (Å²) in [6, 6.07) is 10.6. The van der Waals surface area contributed by atoms with Gasteiger partial charge in [0.25, 0.3) is 0 Å². The number of hydrogen-bond donors (Lipinski definition) is 1. The molecular formula is C21H25F2N3O3S. The van der Waals surface area contributed by atoms with Crippen molar-refractivity contribution in [2.75, 3.05) is 30.2 Å². The molecule has 1 amide bonds. The lowest BCUT2D eigenvalue weighted by atomic mass is 10.1. The van der Waals surface area contributed by atoms with E-state index in [9.17, 15) is 22.0 Å². The van der Waals surface area contributed by atoms with E-state index >= 15 is 0 Å². The van der Waals surface area contributed by atoms with E-state index in [2.05, 4.69) is 10.2 Å². The third-order valence-corrected chi connectivity index (χ3v) is 6.14. The van der Waals surface area contributed by atoms with Crippen LogP contribution in [-0.4, -0.2) is 45.1 Å². The number of nitrogens with one attached hydrogen (secondary N) is 1. The smallest absolute Gasteiger partial charge is 0.241 e. The van der Waals surface area contributed by atoms with Crippen molar-refractivity contribution in [1.29, 1.82) is 0 Å². The van der Waals surface area contributed by atoms with Crippen LogP contribution in [0.25, 0.3) is 0 Å². The number of hydrogen-bond acceptors (Lipinski definition) is 4. The van der Waals surface area contributed by atoms with Crippen molar-refractivity contribution in [2.45, 2.75) is 25.9 Å². The van der Waals surface area contributed by atoms with Crippen molar-refractivity contribution < 1.29 is 22.0 Å². The van der Waals surface area contributed by atoms with Gasteiger partial charge < -0.3 is 5.32 Å². The van der Waals surface area contributed by atoms with Crippen molar-refractivity contribution in [3.05, 3.63) is 65.2 Å². The minimum absolute atomic E-state index is 0.113. The molecule has 1 heterocycles. The Hall–Kier alpha value is -2.52. The normalized spacial score (nSPS) is 14.6. The van der Waals surface area contributed by atoms with Crippen LogP contribution in [0, 0.1) is 11.6 Å². The third kappa shape index (κ3) is 5.99. The van der Waals surface area contributed by atoms with Gasteiger partial charge in [-0.15, -0.1) is 0 Å². The molecule has 0 unspecified atom stereocenters. The van der Waals surface area contributed by atoms with E-state index in [0.717, 1.165) is 54.0 Å². The molecule has 9 heteroatoms. The van der Waals surface area contributed by atoms with Crippen LogP contribution in [0.5, 0.6) is 0 Å². The Labute approximate surface area is 175 Å². The second kappa shape index (κ2) is 9.53. The molecule has 0 aromatic heterocycles. The molecule has 1 fully saturated rings. The highest BCUT2D eigenvalue weighted by Gasteiger charge is 2.22. The summed E-state index contributed by atoms with van der Waals surface area (Å²) in [6.07, 6.45) is 3.37. The standard InChI is InChI=1S/C21H25F2N3O3S/c1-30(28,29)26(18-8-9-19(22)20(23)12-18)15-21(27)24-13-16-4-6-17(7-5-16)14-25-10-2-3-11-25/h4-9,12H,2-3,10-11,13-15H2,1H3,(H,24,27). The lowest BCUT2D eigenvalue weighted by Gasteiger charge is -2.22. The third-order valence-electron chi connectivity index (χ3n) is 5.00. The SMILES string of the molecule is CS(=O)(=O)N(CC(=O)NCc1ccc(CN2CCCC2)cc1)c1ccc(F)c(F)c1. The number of rotatable bonds is 8. The fourth-order valence-corrected chi connectivity index (χ4v) is 4.24. The molecule has 1 aliphatic rings. The zero-order valence-electron chi connectivity index (χ0n) is 16.8. The lowest BCUT2D eigenvalue weighted by Crippen LogP contribution is -2.40. The summed E-state index contributed by atoms with van der Waals surface area (Å²) in [5, 5.41) is 2.67. The molecule has 1 aliphatic heterocycles. The molecule has 0 radical (unpaired) electrons. The molecule has 2 aromatic carbocycles. The number of carbonyl (C=O) groups excluding carboxylic acids is 1. The molecule has 2 aromatic rings. The van der Waals surface area contributed by atoms with Crippen LogP contribution in [0.15, 0.2) is 42.5 Å². The highest BCUT2D eigenvalue weighted by molar-refractivity contribution is 7.92. The first-order chi connectivity index (χ1) is 14.2. The number of nitrogens with zero attached hydrogens (tertiary/aromatic N) is 2. The van der Waals surface area contributed by atoms with Gasteiger partial charge in [0, 0.05) is 19.2 Å². The van der Waals surface area contributed by atoms with Crippen molar-refractivity contribution >= 4 is 21.6 Å². The Balaban J connectivity index is 1.58. The quantitative estimate of drug-likeness (QED) is 0.689. The monoisotopic (exact) mass is 437 g/mol. The number of amides is 1. The maximum atomic E-state index is 13.5. The van der Waals surface area contributed by atoms with Gasteiger partial charge >= 0.3 is 0 Å². The van der Waals surface area contributed by atoms with Gasteiger partial charge in [0.2, 0.25) is 15.9 Å². The topological polar surface area (TPSA) is 69.7 Å². The van der Waals surface area contributed by atoms with E-state index in [-0.39, 0.29) is 12.2 Å². The van der Waals surface area contributed by atoms with Crippen LogP contribution in [0.1, 0.15) is 24.0 Å².